The van der Waals surface area contributed by atoms with Gasteiger partial charge in [0.15, 0.2) is 5.96 Å². The van der Waals surface area contributed by atoms with Crippen LogP contribution in [-0.4, -0.2) is 61.8 Å². The molecule has 0 saturated carbocycles. The summed E-state index contributed by atoms with van der Waals surface area (Å²) in [5.74, 6) is 3.42. The van der Waals surface area contributed by atoms with Crippen LogP contribution in [0.1, 0.15) is 0 Å². The first-order chi connectivity index (χ1) is 10.8. The summed E-state index contributed by atoms with van der Waals surface area (Å²) in [6.07, 6.45) is 0. The molecule has 7 heteroatoms. The topological polar surface area (TPSA) is 60.1 Å². The number of morpholine rings is 1. The Morgan fingerprint density at radius 3 is 2.95 bits per heavy atom. The molecule has 1 saturated heterocycles. The molecular weight excluding hydrogens is 366 g/mol. The summed E-state index contributed by atoms with van der Waals surface area (Å²) >= 11 is 5.25. The molecule has 1 aliphatic rings. The number of benzene rings is 1. The second-order valence-electron chi connectivity index (χ2n) is 4.76. The van der Waals surface area contributed by atoms with Gasteiger partial charge in [0.2, 0.25) is 0 Å². The van der Waals surface area contributed by atoms with Crippen LogP contribution >= 0.6 is 27.7 Å². The largest absolute Gasteiger partial charge is 0.493 e. The van der Waals surface area contributed by atoms with Gasteiger partial charge in [-0.05, 0) is 18.2 Å². The van der Waals surface area contributed by atoms with Crippen molar-refractivity contribution in [2.45, 2.75) is 0 Å². The lowest BCUT2D eigenvalue weighted by Gasteiger charge is -2.27. The van der Waals surface area contributed by atoms with Crippen LogP contribution in [0.25, 0.3) is 0 Å². The fourth-order valence-electron chi connectivity index (χ4n) is 1.99. The van der Waals surface area contributed by atoms with Crippen molar-refractivity contribution in [2.24, 2.45) is 10.7 Å². The number of ether oxygens (including phenoxy) is 2. The summed E-state index contributed by atoms with van der Waals surface area (Å²) in [6.45, 7) is 4.58. The van der Waals surface area contributed by atoms with Crippen LogP contribution in [0.3, 0.4) is 0 Å². The molecular formula is C15H22BrN3O2S. The van der Waals surface area contributed by atoms with Crippen molar-refractivity contribution in [3.05, 3.63) is 28.7 Å². The highest BCUT2D eigenvalue weighted by Crippen LogP contribution is 2.17. The first-order valence-electron chi connectivity index (χ1n) is 7.34. The van der Waals surface area contributed by atoms with Crippen molar-refractivity contribution in [3.8, 4) is 5.75 Å². The number of halogens is 1. The minimum Gasteiger partial charge on any atom is -0.493 e. The number of rotatable bonds is 7. The average Bonchev–Trinajstić information content (AvgIpc) is 2.54. The molecule has 2 N–H and O–H groups in total. The number of nitrogens with two attached hydrogens (primary N) is 1. The monoisotopic (exact) mass is 387 g/mol. The molecule has 1 aromatic rings. The minimum absolute atomic E-state index is 0.634. The Labute approximate surface area is 144 Å². The van der Waals surface area contributed by atoms with Crippen molar-refractivity contribution in [2.75, 3.05) is 51.0 Å². The van der Waals surface area contributed by atoms with Crippen LogP contribution in [0.4, 0.5) is 0 Å². The first-order valence-corrected chi connectivity index (χ1v) is 9.29. The van der Waals surface area contributed by atoms with Crippen molar-refractivity contribution in [1.29, 1.82) is 0 Å². The highest BCUT2D eigenvalue weighted by Gasteiger charge is 2.11. The number of thioether (sulfide) groups is 1. The molecule has 5 nitrogen and oxygen atoms in total. The molecule has 0 spiro atoms. The maximum atomic E-state index is 5.96. The minimum atomic E-state index is 0.634. The van der Waals surface area contributed by atoms with Gasteiger partial charge >= 0.3 is 0 Å². The van der Waals surface area contributed by atoms with Crippen molar-refractivity contribution in [1.82, 2.24) is 4.90 Å². The van der Waals surface area contributed by atoms with Gasteiger partial charge in [-0.25, -0.2) is 0 Å². The van der Waals surface area contributed by atoms with Gasteiger partial charge < -0.3 is 20.1 Å². The molecule has 0 aromatic heterocycles. The van der Waals surface area contributed by atoms with E-state index in [1.807, 2.05) is 36.0 Å². The highest BCUT2D eigenvalue weighted by molar-refractivity contribution is 9.10. The van der Waals surface area contributed by atoms with Crippen molar-refractivity contribution in [3.63, 3.8) is 0 Å². The number of nitrogens with zero attached hydrogens (tertiary/aromatic N) is 2. The van der Waals surface area contributed by atoms with Gasteiger partial charge in [0.05, 0.1) is 26.4 Å². The second kappa shape index (κ2) is 9.97. The summed E-state index contributed by atoms with van der Waals surface area (Å²) in [5.41, 5.74) is 5.96. The number of aliphatic imine (C=N–C) groups is 1. The molecule has 22 heavy (non-hydrogen) atoms. The predicted molar refractivity (Wildman–Crippen MR) is 95.8 cm³/mol. The maximum absolute atomic E-state index is 5.96. The van der Waals surface area contributed by atoms with Gasteiger partial charge in [-0.2, -0.15) is 11.8 Å². The van der Waals surface area contributed by atoms with Crippen LogP contribution in [-0.2, 0) is 4.74 Å². The number of hydrogen-bond acceptors (Lipinski definition) is 4. The lowest BCUT2D eigenvalue weighted by Crippen LogP contribution is -2.44. The second-order valence-corrected chi connectivity index (χ2v) is 6.90. The maximum Gasteiger partial charge on any atom is 0.191 e. The molecule has 0 bridgehead atoms. The van der Waals surface area contributed by atoms with E-state index in [1.165, 1.54) is 0 Å². The van der Waals surface area contributed by atoms with Gasteiger partial charge in [0.25, 0.3) is 0 Å². The predicted octanol–water partition coefficient (Wildman–Crippen LogP) is 2.21. The fraction of sp³-hybridized carbons (Fsp3) is 0.533. The van der Waals surface area contributed by atoms with E-state index in [2.05, 4.69) is 25.8 Å². The molecule has 0 aliphatic carbocycles. The SMILES string of the molecule is NC(=NCCSCCOc1cccc(Br)c1)N1CCOCC1. The third-order valence-corrected chi connectivity index (χ3v) is 4.56. The number of guanidine groups is 1. The van der Waals surface area contributed by atoms with Crippen LogP contribution in [0.2, 0.25) is 0 Å². The molecule has 122 valence electrons. The van der Waals surface area contributed by atoms with E-state index in [1.54, 1.807) is 0 Å². The van der Waals surface area contributed by atoms with Gasteiger partial charge in [0.1, 0.15) is 5.75 Å². The molecule has 1 heterocycles. The quantitative estimate of drug-likeness (QED) is 0.441. The Bertz CT molecular complexity index is 482. The molecule has 0 radical (unpaired) electrons. The standard InChI is InChI=1S/C15H22BrN3O2S/c16-13-2-1-3-14(12-13)21-9-11-22-10-4-18-15(17)19-5-7-20-8-6-19/h1-3,12H,4-11H2,(H2,17,18). The smallest absolute Gasteiger partial charge is 0.191 e. The Kier molecular flexibility index (Phi) is 7.90. The van der Waals surface area contributed by atoms with Gasteiger partial charge in [-0.3, -0.25) is 4.99 Å². The van der Waals surface area contributed by atoms with Gasteiger partial charge in [-0.1, -0.05) is 22.0 Å². The van der Waals surface area contributed by atoms with Gasteiger partial charge in [0, 0.05) is 29.1 Å². The van der Waals surface area contributed by atoms with Crippen LogP contribution < -0.4 is 10.5 Å². The molecule has 0 unspecified atom stereocenters. The van der Waals surface area contributed by atoms with E-state index in [-0.39, 0.29) is 0 Å². The van der Waals surface area contributed by atoms with E-state index < -0.39 is 0 Å². The molecule has 0 atom stereocenters. The first kappa shape index (κ1) is 17.4. The molecule has 1 aromatic carbocycles. The summed E-state index contributed by atoms with van der Waals surface area (Å²) in [5, 5.41) is 0. The van der Waals surface area contributed by atoms with E-state index in [4.69, 9.17) is 15.2 Å². The Balaban J connectivity index is 1.53. The highest BCUT2D eigenvalue weighted by atomic mass is 79.9. The molecule has 1 aliphatic heterocycles. The van der Waals surface area contributed by atoms with Gasteiger partial charge in [-0.15, -0.1) is 0 Å². The lowest BCUT2D eigenvalue weighted by molar-refractivity contribution is 0.0674. The summed E-state index contributed by atoms with van der Waals surface area (Å²) in [6, 6.07) is 7.88. The Hall–Kier alpha value is -0.920. The van der Waals surface area contributed by atoms with E-state index in [9.17, 15) is 0 Å². The zero-order chi connectivity index (χ0) is 15.6. The normalized spacial score (nSPS) is 15.9. The zero-order valence-electron chi connectivity index (χ0n) is 12.5. The molecule has 2 rings (SSSR count). The summed E-state index contributed by atoms with van der Waals surface area (Å²) in [7, 11) is 0. The fourth-order valence-corrected chi connectivity index (χ4v) is 3.00. The van der Waals surface area contributed by atoms with Crippen molar-refractivity contribution < 1.29 is 9.47 Å². The van der Waals surface area contributed by atoms with E-state index in [0.29, 0.717) is 12.6 Å². The molecule has 1 fully saturated rings. The Morgan fingerprint density at radius 1 is 1.36 bits per heavy atom. The summed E-state index contributed by atoms with van der Waals surface area (Å²) in [4.78, 5) is 6.49. The lowest BCUT2D eigenvalue weighted by atomic mass is 10.3. The third-order valence-electron chi connectivity index (χ3n) is 3.14. The third kappa shape index (κ3) is 6.46. The zero-order valence-corrected chi connectivity index (χ0v) is 14.9. The van der Waals surface area contributed by atoms with Crippen LogP contribution in [0, 0.1) is 0 Å². The van der Waals surface area contributed by atoms with Crippen LogP contribution in [0.15, 0.2) is 33.7 Å². The Morgan fingerprint density at radius 2 is 2.18 bits per heavy atom. The van der Waals surface area contributed by atoms with E-state index >= 15 is 0 Å². The van der Waals surface area contributed by atoms with Crippen LogP contribution in [0.5, 0.6) is 5.75 Å². The average molecular weight is 388 g/mol. The molecule has 0 amide bonds. The van der Waals surface area contributed by atoms with Crippen molar-refractivity contribution >= 4 is 33.7 Å². The number of hydrogen-bond donors (Lipinski definition) is 1. The van der Waals surface area contributed by atoms with E-state index in [0.717, 1.165) is 54.6 Å². The summed E-state index contributed by atoms with van der Waals surface area (Å²) < 4.78 is 12.0.